The summed E-state index contributed by atoms with van der Waals surface area (Å²) >= 11 is 0. The molecule has 0 aromatic carbocycles. The van der Waals surface area contributed by atoms with Crippen LogP contribution in [0.4, 0.5) is 0 Å². The molecular formula is C13H23NO2. The van der Waals surface area contributed by atoms with Crippen LogP contribution in [-0.4, -0.2) is 29.5 Å². The molecule has 0 amide bonds. The molecule has 0 aromatic heterocycles. The third-order valence-electron chi connectivity index (χ3n) is 5.82. The zero-order valence-corrected chi connectivity index (χ0v) is 10.3. The quantitative estimate of drug-likeness (QED) is 0.764. The maximum atomic E-state index is 11.0. The van der Waals surface area contributed by atoms with Crippen molar-refractivity contribution in [2.24, 2.45) is 16.6 Å². The standard InChI is InChI=1S/C13H23NO2/c1-11(5-6-11)12(2,15)13(8-14)7-9-3-4-10(13)16-9/h9-10,15H,3-8,14H2,1-2H3. The summed E-state index contributed by atoms with van der Waals surface area (Å²) in [6.45, 7) is 4.74. The Morgan fingerprint density at radius 2 is 2.12 bits per heavy atom. The fraction of sp³-hybridized carbons (Fsp3) is 1.00. The largest absolute Gasteiger partial charge is 0.389 e. The zero-order chi connectivity index (χ0) is 11.6. The smallest absolute Gasteiger partial charge is 0.0766 e. The first kappa shape index (κ1) is 11.0. The third-order valence-corrected chi connectivity index (χ3v) is 5.82. The summed E-state index contributed by atoms with van der Waals surface area (Å²) in [6, 6.07) is 0. The van der Waals surface area contributed by atoms with Gasteiger partial charge < -0.3 is 15.6 Å². The number of hydrogen-bond donors (Lipinski definition) is 2. The molecule has 0 radical (unpaired) electrons. The van der Waals surface area contributed by atoms with Crippen LogP contribution in [0.5, 0.6) is 0 Å². The van der Waals surface area contributed by atoms with Crippen molar-refractivity contribution in [1.29, 1.82) is 0 Å². The predicted octanol–water partition coefficient (Wildman–Crippen LogP) is 1.43. The average molecular weight is 225 g/mol. The van der Waals surface area contributed by atoms with Crippen LogP contribution in [0.25, 0.3) is 0 Å². The number of fused-ring (bicyclic) bond motifs is 2. The van der Waals surface area contributed by atoms with Crippen LogP contribution < -0.4 is 5.73 Å². The molecule has 3 rings (SSSR count). The monoisotopic (exact) mass is 225 g/mol. The Morgan fingerprint density at radius 3 is 2.50 bits per heavy atom. The summed E-state index contributed by atoms with van der Waals surface area (Å²) in [5, 5.41) is 11.0. The summed E-state index contributed by atoms with van der Waals surface area (Å²) in [4.78, 5) is 0. The normalized spacial score (nSPS) is 48.0. The van der Waals surface area contributed by atoms with Crippen LogP contribution in [0.2, 0.25) is 0 Å². The van der Waals surface area contributed by atoms with Crippen molar-refractivity contribution >= 4 is 0 Å². The number of hydrogen-bond acceptors (Lipinski definition) is 3. The third kappa shape index (κ3) is 1.09. The first-order valence-electron chi connectivity index (χ1n) is 6.53. The fourth-order valence-electron chi connectivity index (χ4n) is 4.00. The van der Waals surface area contributed by atoms with Gasteiger partial charge in [0.1, 0.15) is 0 Å². The fourth-order valence-corrected chi connectivity index (χ4v) is 4.00. The minimum absolute atomic E-state index is 0.0697. The molecule has 2 bridgehead atoms. The van der Waals surface area contributed by atoms with Crippen molar-refractivity contribution in [1.82, 2.24) is 0 Å². The molecule has 92 valence electrons. The van der Waals surface area contributed by atoms with Gasteiger partial charge in [-0.15, -0.1) is 0 Å². The number of rotatable bonds is 3. The van der Waals surface area contributed by atoms with Crippen LogP contribution in [0.1, 0.15) is 46.0 Å². The van der Waals surface area contributed by atoms with Crippen molar-refractivity contribution in [3.8, 4) is 0 Å². The van der Waals surface area contributed by atoms with Gasteiger partial charge in [-0.25, -0.2) is 0 Å². The van der Waals surface area contributed by atoms with Gasteiger partial charge in [0.2, 0.25) is 0 Å². The van der Waals surface area contributed by atoms with E-state index in [9.17, 15) is 5.11 Å². The molecule has 0 aromatic rings. The second-order valence-corrected chi connectivity index (χ2v) is 6.52. The van der Waals surface area contributed by atoms with E-state index in [1.807, 2.05) is 6.92 Å². The van der Waals surface area contributed by atoms with E-state index < -0.39 is 5.60 Å². The minimum atomic E-state index is -0.672. The molecule has 3 nitrogen and oxygen atoms in total. The summed E-state index contributed by atoms with van der Waals surface area (Å²) < 4.78 is 5.95. The van der Waals surface area contributed by atoms with Crippen LogP contribution in [0.15, 0.2) is 0 Å². The number of ether oxygens (including phenoxy) is 1. The Hall–Kier alpha value is -0.120. The van der Waals surface area contributed by atoms with E-state index in [-0.39, 0.29) is 16.9 Å². The second kappa shape index (κ2) is 3.01. The molecule has 16 heavy (non-hydrogen) atoms. The Balaban J connectivity index is 1.96. The van der Waals surface area contributed by atoms with Crippen LogP contribution in [-0.2, 0) is 4.74 Å². The molecule has 4 unspecified atom stereocenters. The SMILES string of the molecule is CC1(C(C)(O)C2(CN)CC3CCC2O3)CC1. The summed E-state index contributed by atoms with van der Waals surface area (Å²) in [7, 11) is 0. The van der Waals surface area contributed by atoms with E-state index >= 15 is 0 Å². The lowest BCUT2D eigenvalue weighted by atomic mass is 9.58. The Bertz CT molecular complexity index is 311. The highest BCUT2D eigenvalue weighted by molar-refractivity contribution is 5.18. The molecule has 2 aliphatic heterocycles. The van der Waals surface area contributed by atoms with Crippen molar-refractivity contribution < 1.29 is 9.84 Å². The van der Waals surface area contributed by atoms with Crippen molar-refractivity contribution in [3.63, 3.8) is 0 Å². The first-order chi connectivity index (χ1) is 7.45. The second-order valence-electron chi connectivity index (χ2n) is 6.52. The van der Waals surface area contributed by atoms with Gasteiger partial charge in [0.15, 0.2) is 0 Å². The van der Waals surface area contributed by atoms with Gasteiger partial charge in [-0.2, -0.15) is 0 Å². The molecule has 0 spiro atoms. The molecule has 3 fully saturated rings. The summed E-state index contributed by atoms with van der Waals surface area (Å²) in [5.74, 6) is 0. The van der Waals surface area contributed by atoms with Crippen LogP contribution >= 0.6 is 0 Å². The Morgan fingerprint density at radius 1 is 1.44 bits per heavy atom. The molecule has 3 heteroatoms. The van der Waals surface area contributed by atoms with Gasteiger partial charge in [0.25, 0.3) is 0 Å². The van der Waals surface area contributed by atoms with Gasteiger partial charge in [-0.1, -0.05) is 6.92 Å². The first-order valence-corrected chi connectivity index (χ1v) is 6.53. The van der Waals surface area contributed by atoms with E-state index in [0.29, 0.717) is 12.6 Å². The van der Waals surface area contributed by atoms with Gasteiger partial charge in [-0.05, 0) is 44.4 Å². The van der Waals surface area contributed by atoms with Crippen LogP contribution in [0.3, 0.4) is 0 Å². The van der Waals surface area contributed by atoms with E-state index in [1.54, 1.807) is 0 Å². The molecule has 1 aliphatic carbocycles. The molecule has 2 saturated heterocycles. The van der Waals surface area contributed by atoms with Crippen molar-refractivity contribution in [3.05, 3.63) is 0 Å². The van der Waals surface area contributed by atoms with E-state index in [4.69, 9.17) is 10.5 Å². The lowest BCUT2D eigenvalue weighted by molar-refractivity contribution is -0.140. The van der Waals surface area contributed by atoms with Gasteiger partial charge in [0.05, 0.1) is 17.8 Å². The van der Waals surface area contributed by atoms with Gasteiger partial charge in [0, 0.05) is 12.0 Å². The van der Waals surface area contributed by atoms with Crippen LogP contribution in [0, 0.1) is 10.8 Å². The lowest BCUT2D eigenvalue weighted by Crippen LogP contribution is -2.60. The number of nitrogens with two attached hydrogens (primary N) is 1. The molecule has 3 aliphatic rings. The molecule has 3 N–H and O–H groups in total. The maximum absolute atomic E-state index is 11.0. The molecule has 4 atom stereocenters. The highest BCUT2D eigenvalue weighted by atomic mass is 16.5. The molecule has 1 saturated carbocycles. The minimum Gasteiger partial charge on any atom is -0.389 e. The molecule has 2 heterocycles. The van der Waals surface area contributed by atoms with Gasteiger partial charge >= 0.3 is 0 Å². The maximum Gasteiger partial charge on any atom is 0.0766 e. The topological polar surface area (TPSA) is 55.5 Å². The number of aliphatic hydroxyl groups is 1. The Kier molecular flexibility index (Phi) is 2.07. The van der Waals surface area contributed by atoms with E-state index in [1.165, 1.54) is 0 Å². The van der Waals surface area contributed by atoms with Crippen molar-refractivity contribution in [2.75, 3.05) is 6.54 Å². The lowest BCUT2D eigenvalue weighted by Gasteiger charge is -2.49. The highest BCUT2D eigenvalue weighted by Crippen LogP contribution is 2.65. The zero-order valence-electron chi connectivity index (χ0n) is 10.3. The van der Waals surface area contributed by atoms with Gasteiger partial charge in [-0.3, -0.25) is 0 Å². The highest BCUT2D eigenvalue weighted by Gasteiger charge is 2.68. The summed E-state index contributed by atoms with van der Waals surface area (Å²) in [5.41, 5.74) is 5.23. The summed E-state index contributed by atoms with van der Waals surface area (Å²) in [6.07, 6.45) is 5.97. The average Bonchev–Trinajstić information content (AvgIpc) is 2.77. The Labute approximate surface area is 97.3 Å². The van der Waals surface area contributed by atoms with Crippen molar-refractivity contribution in [2.45, 2.75) is 63.8 Å². The predicted molar refractivity (Wildman–Crippen MR) is 62.0 cm³/mol. The van der Waals surface area contributed by atoms with E-state index in [0.717, 1.165) is 32.1 Å². The van der Waals surface area contributed by atoms with E-state index in [2.05, 4.69) is 6.92 Å². The molecular weight excluding hydrogens is 202 g/mol.